The van der Waals surface area contributed by atoms with E-state index < -0.39 is 0 Å². The summed E-state index contributed by atoms with van der Waals surface area (Å²) < 4.78 is 0. The molecule has 0 fully saturated rings. The van der Waals surface area contributed by atoms with Gasteiger partial charge in [-0.25, -0.2) is 4.98 Å². The predicted molar refractivity (Wildman–Crippen MR) is 122 cm³/mol. The number of aromatic nitrogens is 3. The standard InChI is InChI=1S/C22H16N4.CH4O.CH2O/c1-2-6-17(7-3-1)24-18-9-11-20-21(14-18)26-22(25-20)16-8-10-19-15(13-16)5-4-12-23-19;2*1-2/h1-14,24H,(H,25,26);2H,1H3;1H2. The molecule has 0 aliphatic carbocycles. The van der Waals surface area contributed by atoms with E-state index in [1.54, 1.807) is 0 Å². The number of aliphatic hydroxyl groups excluding tert-OH is 1. The number of imidazole rings is 1. The Morgan fingerprint density at radius 1 is 0.833 bits per heavy atom. The lowest BCUT2D eigenvalue weighted by Gasteiger charge is -2.05. The number of hydrogen-bond acceptors (Lipinski definition) is 5. The summed E-state index contributed by atoms with van der Waals surface area (Å²) >= 11 is 0. The van der Waals surface area contributed by atoms with Gasteiger partial charge in [0.2, 0.25) is 0 Å². The Hall–Kier alpha value is -4.03. The molecule has 0 aliphatic heterocycles. The van der Waals surface area contributed by atoms with Gasteiger partial charge < -0.3 is 20.2 Å². The summed E-state index contributed by atoms with van der Waals surface area (Å²) in [5.74, 6) is 0.864. The molecule has 30 heavy (non-hydrogen) atoms. The smallest absolute Gasteiger partial charge is 0.138 e. The number of carbonyl (C=O) groups is 1. The highest BCUT2D eigenvalue weighted by atomic mass is 16.2. The van der Waals surface area contributed by atoms with E-state index in [1.807, 2.05) is 67.6 Å². The van der Waals surface area contributed by atoms with Crippen LogP contribution in [0.15, 0.2) is 85.1 Å². The van der Waals surface area contributed by atoms with E-state index in [2.05, 4.69) is 39.6 Å². The van der Waals surface area contributed by atoms with Gasteiger partial charge in [0.05, 0.1) is 16.6 Å². The number of nitrogens with one attached hydrogen (secondary N) is 2. The third-order valence-electron chi connectivity index (χ3n) is 4.42. The topological polar surface area (TPSA) is 90.9 Å². The van der Waals surface area contributed by atoms with E-state index in [0.717, 1.165) is 51.8 Å². The number of para-hydroxylation sites is 1. The first-order valence-electron chi connectivity index (χ1n) is 9.26. The van der Waals surface area contributed by atoms with Crippen molar-refractivity contribution in [2.45, 2.75) is 0 Å². The highest BCUT2D eigenvalue weighted by molar-refractivity contribution is 5.87. The van der Waals surface area contributed by atoms with Crippen LogP contribution in [0.3, 0.4) is 0 Å². The summed E-state index contributed by atoms with van der Waals surface area (Å²) in [6, 6.07) is 26.5. The maximum atomic E-state index is 8.00. The fourth-order valence-corrected chi connectivity index (χ4v) is 3.14. The van der Waals surface area contributed by atoms with Crippen molar-refractivity contribution in [3.63, 3.8) is 0 Å². The number of rotatable bonds is 3. The van der Waals surface area contributed by atoms with Crippen molar-refractivity contribution in [3.05, 3.63) is 85.1 Å². The van der Waals surface area contributed by atoms with Crippen LogP contribution in [0.25, 0.3) is 33.3 Å². The van der Waals surface area contributed by atoms with E-state index in [-0.39, 0.29) is 0 Å². The maximum Gasteiger partial charge on any atom is 0.138 e. The van der Waals surface area contributed by atoms with Gasteiger partial charge in [-0.2, -0.15) is 0 Å². The van der Waals surface area contributed by atoms with Crippen LogP contribution in [-0.2, 0) is 4.79 Å². The molecule has 0 radical (unpaired) electrons. The largest absolute Gasteiger partial charge is 0.400 e. The zero-order valence-corrected chi connectivity index (χ0v) is 16.5. The molecule has 5 rings (SSSR count). The number of aliphatic hydroxyl groups is 1. The van der Waals surface area contributed by atoms with Gasteiger partial charge in [0, 0.05) is 35.6 Å². The molecular formula is C24H22N4O2. The molecule has 6 nitrogen and oxygen atoms in total. The van der Waals surface area contributed by atoms with Crippen molar-refractivity contribution in [1.29, 1.82) is 0 Å². The van der Waals surface area contributed by atoms with Gasteiger partial charge >= 0.3 is 0 Å². The molecule has 0 unspecified atom stereocenters. The van der Waals surface area contributed by atoms with Crippen LogP contribution in [0.2, 0.25) is 0 Å². The van der Waals surface area contributed by atoms with E-state index in [0.29, 0.717) is 0 Å². The van der Waals surface area contributed by atoms with Crippen molar-refractivity contribution >= 4 is 40.1 Å². The average molecular weight is 398 g/mol. The summed E-state index contributed by atoms with van der Waals surface area (Å²) in [4.78, 5) is 20.5. The minimum atomic E-state index is 0.864. The van der Waals surface area contributed by atoms with Crippen molar-refractivity contribution in [2.75, 3.05) is 12.4 Å². The van der Waals surface area contributed by atoms with Gasteiger partial charge in [-0.05, 0) is 54.6 Å². The van der Waals surface area contributed by atoms with E-state index in [4.69, 9.17) is 14.9 Å². The number of fused-ring (bicyclic) bond motifs is 2. The van der Waals surface area contributed by atoms with Crippen LogP contribution < -0.4 is 5.32 Å². The summed E-state index contributed by atoms with van der Waals surface area (Å²) in [7, 11) is 1.00. The first-order valence-corrected chi connectivity index (χ1v) is 9.26. The molecule has 0 saturated heterocycles. The van der Waals surface area contributed by atoms with Crippen LogP contribution in [0.1, 0.15) is 0 Å². The lowest BCUT2D eigenvalue weighted by molar-refractivity contribution is -0.0979. The highest BCUT2D eigenvalue weighted by Crippen LogP contribution is 2.26. The summed E-state index contributed by atoms with van der Waals surface area (Å²) in [6.07, 6.45) is 1.81. The van der Waals surface area contributed by atoms with Crippen LogP contribution in [0.4, 0.5) is 11.4 Å². The second-order valence-corrected chi connectivity index (χ2v) is 6.22. The summed E-state index contributed by atoms with van der Waals surface area (Å²) in [6.45, 7) is 2.00. The zero-order chi connectivity index (χ0) is 21.3. The molecule has 3 aromatic carbocycles. The Balaban J connectivity index is 0.000000606. The Bertz CT molecular complexity index is 1240. The minimum Gasteiger partial charge on any atom is -0.400 e. The fraction of sp³-hybridized carbons (Fsp3) is 0.0417. The number of aromatic amines is 1. The lowest BCUT2D eigenvalue weighted by Crippen LogP contribution is -1.89. The Morgan fingerprint density at radius 2 is 1.60 bits per heavy atom. The Labute approximate surface area is 174 Å². The van der Waals surface area contributed by atoms with Crippen LogP contribution in [-0.4, -0.2) is 34.0 Å². The molecular weight excluding hydrogens is 376 g/mol. The van der Waals surface area contributed by atoms with Crippen molar-refractivity contribution < 1.29 is 9.90 Å². The average Bonchev–Trinajstić information content (AvgIpc) is 3.26. The normalized spacial score (nSPS) is 9.93. The number of benzene rings is 3. The number of H-pyrrole nitrogens is 1. The molecule has 2 heterocycles. The van der Waals surface area contributed by atoms with Gasteiger partial charge in [0.1, 0.15) is 12.6 Å². The SMILES string of the molecule is C=O.CO.c1ccc(Nc2ccc3nc(-c4ccc5ncccc5c4)[nH]c3c2)cc1. The van der Waals surface area contributed by atoms with Gasteiger partial charge in [0.25, 0.3) is 0 Å². The second-order valence-electron chi connectivity index (χ2n) is 6.22. The van der Waals surface area contributed by atoms with Gasteiger partial charge in [-0.1, -0.05) is 24.3 Å². The third kappa shape index (κ3) is 4.51. The van der Waals surface area contributed by atoms with Crippen molar-refractivity contribution in [2.24, 2.45) is 0 Å². The number of pyridine rings is 1. The number of nitrogens with zero attached hydrogens (tertiary/aromatic N) is 2. The molecule has 0 saturated carbocycles. The monoisotopic (exact) mass is 398 g/mol. The molecule has 5 aromatic rings. The number of anilines is 2. The molecule has 0 spiro atoms. The first kappa shape index (κ1) is 20.7. The maximum absolute atomic E-state index is 8.00. The van der Waals surface area contributed by atoms with Crippen LogP contribution >= 0.6 is 0 Å². The fourth-order valence-electron chi connectivity index (χ4n) is 3.14. The molecule has 3 N–H and O–H groups in total. The molecule has 0 aliphatic rings. The summed E-state index contributed by atoms with van der Waals surface area (Å²) in [5, 5.41) is 11.5. The second kappa shape index (κ2) is 9.95. The molecule has 6 heteroatoms. The van der Waals surface area contributed by atoms with E-state index in [1.165, 1.54) is 0 Å². The Morgan fingerprint density at radius 3 is 2.40 bits per heavy atom. The van der Waals surface area contributed by atoms with Gasteiger partial charge in [0.15, 0.2) is 0 Å². The van der Waals surface area contributed by atoms with E-state index in [9.17, 15) is 0 Å². The van der Waals surface area contributed by atoms with Crippen molar-refractivity contribution in [3.8, 4) is 11.4 Å². The molecule has 0 bridgehead atoms. The van der Waals surface area contributed by atoms with Gasteiger partial charge in [-0.15, -0.1) is 0 Å². The predicted octanol–water partition coefficient (Wildman–Crippen LogP) is 4.95. The molecule has 2 aromatic heterocycles. The number of carbonyl (C=O) groups excluding carboxylic acids is 1. The number of hydrogen-bond donors (Lipinski definition) is 3. The van der Waals surface area contributed by atoms with Crippen LogP contribution in [0, 0.1) is 0 Å². The third-order valence-corrected chi connectivity index (χ3v) is 4.42. The Kier molecular flexibility index (Phi) is 6.87. The highest BCUT2D eigenvalue weighted by Gasteiger charge is 2.07. The molecule has 0 atom stereocenters. The summed E-state index contributed by atoms with van der Waals surface area (Å²) in [5.41, 5.74) is 6.09. The van der Waals surface area contributed by atoms with Gasteiger partial charge in [-0.3, -0.25) is 4.98 Å². The van der Waals surface area contributed by atoms with E-state index >= 15 is 0 Å². The minimum absolute atomic E-state index is 0.864. The molecule has 0 amide bonds. The van der Waals surface area contributed by atoms with Crippen LogP contribution in [0.5, 0.6) is 0 Å². The molecule has 150 valence electrons. The zero-order valence-electron chi connectivity index (χ0n) is 16.5. The first-order chi connectivity index (χ1) is 14.8. The van der Waals surface area contributed by atoms with Crippen molar-refractivity contribution in [1.82, 2.24) is 15.0 Å². The lowest BCUT2D eigenvalue weighted by atomic mass is 10.1. The quantitative estimate of drug-likeness (QED) is 0.400.